The van der Waals surface area contributed by atoms with Gasteiger partial charge in [-0.15, -0.1) is 11.3 Å². The number of thiazole rings is 1. The van der Waals surface area contributed by atoms with Gasteiger partial charge in [-0.05, 0) is 37.1 Å². The largest absolute Gasteiger partial charge is 0.376 e. The molecule has 1 aliphatic rings. The molecule has 0 radical (unpaired) electrons. The van der Waals surface area contributed by atoms with Crippen molar-refractivity contribution in [2.45, 2.75) is 18.9 Å². The molecule has 0 bridgehead atoms. The highest BCUT2D eigenvalue weighted by molar-refractivity contribution is 7.14. The van der Waals surface area contributed by atoms with Crippen LogP contribution in [0.15, 0.2) is 47.8 Å². The average Bonchev–Trinajstić information content (AvgIpc) is 3.44. The fourth-order valence-corrected chi connectivity index (χ4v) is 4.70. The summed E-state index contributed by atoms with van der Waals surface area (Å²) in [6, 6.07) is 10.8. The summed E-state index contributed by atoms with van der Waals surface area (Å²) < 4.78 is 5.72. The Morgan fingerprint density at radius 2 is 2.13 bits per heavy atom. The summed E-state index contributed by atoms with van der Waals surface area (Å²) >= 11 is 13.6. The fraction of sp³-hybridized carbons (Fsp3) is 0.238. The number of carbonyl (C=O) groups excluding carboxylic acids is 1. The number of nitrogens with zero attached hydrogens (tertiary/aromatic N) is 3. The molecule has 1 amide bonds. The zero-order chi connectivity index (χ0) is 22.0. The Bertz CT molecular complexity index is 1130. The van der Waals surface area contributed by atoms with Crippen molar-refractivity contribution in [2.75, 3.05) is 18.1 Å². The first-order valence-corrected chi connectivity index (χ1v) is 11.1. The van der Waals surface area contributed by atoms with Crippen LogP contribution < -0.4 is 4.90 Å². The molecule has 0 saturated carbocycles. The normalized spacial score (nSPS) is 15.7. The van der Waals surface area contributed by atoms with E-state index in [1.807, 2.05) is 5.38 Å². The van der Waals surface area contributed by atoms with E-state index in [9.17, 15) is 14.9 Å². The zero-order valence-electron chi connectivity index (χ0n) is 16.2. The number of non-ortho nitro benzene ring substituents is 1. The molecule has 7 nitrogen and oxygen atoms in total. The van der Waals surface area contributed by atoms with Gasteiger partial charge in [0.05, 0.1) is 28.3 Å². The summed E-state index contributed by atoms with van der Waals surface area (Å²) in [5, 5.41) is 14.4. The van der Waals surface area contributed by atoms with Crippen molar-refractivity contribution >= 4 is 51.3 Å². The number of halogens is 2. The first-order chi connectivity index (χ1) is 14.9. The monoisotopic (exact) mass is 477 g/mol. The van der Waals surface area contributed by atoms with Crippen molar-refractivity contribution in [3.63, 3.8) is 0 Å². The highest BCUT2D eigenvalue weighted by atomic mass is 35.5. The second kappa shape index (κ2) is 9.32. The number of carbonyl (C=O) groups is 1. The summed E-state index contributed by atoms with van der Waals surface area (Å²) in [5.74, 6) is -0.373. The Hall–Kier alpha value is -2.52. The number of benzene rings is 2. The summed E-state index contributed by atoms with van der Waals surface area (Å²) in [7, 11) is 0. The van der Waals surface area contributed by atoms with Gasteiger partial charge in [0.1, 0.15) is 0 Å². The van der Waals surface area contributed by atoms with Gasteiger partial charge in [0.15, 0.2) is 5.13 Å². The third kappa shape index (κ3) is 4.88. The molecule has 160 valence electrons. The molecule has 3 aromatic rings. The van der Waals surface area contributed by atoms with E-state index in [1.165, 1.54) is 34.4 Å². The number of hydrogen-bond donors (Lipinski definition) is 0. The van der Waals surface area contributed by atoms with Crippen LogP contribution in [0.4, 0.5) is 10.8 Å². The smallest absolute Gasteiger partial charge is 0.270 e. The van der Waals surface area contributed by atoms with Crippen molar-refractivity contribution in [3.05, 3.63) is 73.6 Å². The van der Waals surface area contributed by atoms with Gasteiger partial charge < -0.3 is 4.74 Å². The van der Waals surface area contributed by atoms with E-state index < -0.39 is 4.92 Å². The number of anilines is 1. The molecule has 4 rings (SSSR count). The van der Waals surface area contributed by atoms with Gasteiger partial charge in [-0.3, -0.25) is 19.8 Å². The van der Waals surface area contributed by atoms with Crippen LogP contribution in [0.25, 0.3) is 11.3 Å². The van der Waals surface area contributed by atoms with Gasteiger partial charge in [-0.25, -0.2) is 4.98 Å². The van der Waals surface area contributed by atoms with Crippen LogP contribution >= 0.6 is 34.5 Å². The molecule has 2 aromatic carbocycles. The number of amides is 1. The van der Waals surface area contributed by atoms with Crippen molar-refractivity contribution in [3.8, 4) is 11.3 Å². The molecule has 1 saturated heterocycles. The molecule has 31 heavy (non-hydrogen) atoms. The van der Waals surface area contributed by atoms with Crippen molar-refractivity contribution < 1.29 is 14.5 Å². The Kier molecular flexibility index (Phi) is 6.52. The van der Waals surface area contributed by atoms with E-state index in [2.05, 4.69) is 4.98 Å². The maximum atomic E-state index is 13.3. The molecule has 0 aliphatic carbocycles. The van der Waals surface area contributed by atoms with Crippen LogP contribution in [0.3, 0.4) is 0 Å². The maximum Gasteiger partial charge on any atom is 0.270 e. The zero-order valence-corrected chi connectivity index (χ0v) is 18.5. The topological polar surface area (TPSA) is 85.6 Å². The Morgan fingerprint density at radius 3 is 2.84 bits per heavy atom. The predicted octanol–water partition coefficient (Wildman–Crippen LogP) is 5.85. The minimum atomic E-state index is -0.523. The van der Waals surface area contributed by atoms with Crippen molar-refractivity contribution in [2.24, 2.45) is 0 Å². The molecule has 1 unspecified atom stereocenters. The van der Waals surface area contributed by atoms with Gasteiger partial charge in [0.2, 0.25) is 0 Å². The van der Waals surface area contributed by atoms with Crippen molar-refractivity contribution in [1.82, 2.24) is 4.98 Å². The van der Waals surface area contributed by atoms with Gasteiger partial charge in [0.25, 0.3) is 11.6 Å². The van der Waals surface area contributed by atoms with E-state index in [0.717, 1.165) is 12.8 Å². The summed E-state index contributed by atoms with van der Waals surface area (Å²) in [6.45, 7) is 0.954. The number of aromatic nitrogens is 1. The average molecular weight is 478 g/mol. The van der Waals surface area contributed by atoms with E-state index in [1.54, 1.807) is 24.3 Å². The highest BCUT2D eigenvalue weighted by Gasteiger charge is 2.28. The lowest BCUT2D eigenvalue weighted by atomic mass is 10.1. The summed E-state index contributed by atoms with van der Waals surface area (Å²) in [6.07, 6.45) is 1.64. The van der Waals surface area contributed by atoms with Crippen LogP contribution in [0, 0.1) is 10.1 Å². The quantitative estimate of drug-likeness (QED) is 0.328. The summed E-state index contributed by atoms with van der Waals surface area (Å²) in [4.78, 5) is 30.1. The van der Waals surface area contributed by atoms with E-state index >= 15 is 0 Å². The lowest BCUT2D eigenvalue weighted by Crippen LogP contribution is -2.37. The number of ether oxygens (including phenoxy) is 1. The van der Waals surface area contributed by atoms with Crippen LogP contribution in [0.2, 0.25) is 10.0 Å². The number of nitro benzene ring substituents is 1. The molecule has 2 heterocycles. The first kappa shape index (κ1) is 21.7. The SMILES string of the molecule is O=C(c1cccc([N+](=O)[O-])c1)N(CC1CCCO1)c1nc(-c2ccc(Cl)cc2Cl)cs1. The van der Waals surface area contributed by atoms with Gasteiger partial charge in [-0.2, -0.15) is 0 Å². The molecule has 1 aromatic heterocycles. The highest BCUT2D eigenvalue weighted by Crippen LogP contribution is 2.34. The maximum absolute atomic E-state index is 13.3. The molecule has 10 heteroatoms. The molecule has 0 N–H and O–H groups in total. The molecule has 1 fully saturated rings. The second-order valence-corrected chi connectivity index (χ2v) is 8.68. The Balaban J connectivity index is 1.68. The van der Waals surface area contributed by atoms with Crippen LogP contribution in [-0.4, -0.2) is 35.1 Å². The number of hydrogen-bond acceptors (Lipinski definition) is 6. The minimum absolute atomic E-state index is 0.117. The van der Waals surface area contributed by atoms with E-state index in [0.29, 0.717) is 39.6 Å². The fourth-order valence-electron chi connectivity index (χ4n) is 3.36. The van der Waals surface area contributed by atoms with Gasteiger partial charge in [-0.1, -0.05) is 29.3 Å². The first-order valence-electron chi connectivity index (χ1n) is 9.51. The number of rotatable bonds is 6. The van der Waals surface area contributed by atoms with Crippen LogP contribution in [0.5, 0.6) is 0 Å². The molecule has 1 aliphatic heterocycles. The van der Waals surface area contributed by atoms with Gasteiger partial charge in [0, 0.05) is 40.3 Å². The molecule has 0 spiro atoms. The molecule has 1 atom stereocenters. The lowest BCUT2D eigenvalue weighted by Gasteiger charge is -2.23. The second-order valence-electron chi connectivity index (χ2n) is 7.00. The predicted molar refractivity (Wildman–Crippen MR) is 121 cm³/mol. The van der Waals surface area contributed by atoms with Crippen LogP contribution in [-0.2, 0) is 4.74 Å². The number of nitro groups is 1. The third-order valence-corrected chi connectivity index (χ3v) is 6.30. The Morgan fingerprint density at radius 1 is 1.29 bits per heavy atom. The standard InChI is InChI=1S/C21H17Cl2N3O4S/c22-14-6-7-17(18(23)10-14)19-12-31-21(24-19)25(11-16-5-2-8-30-16)20(27)13-3-1-4-15(9-13)26(28)29/h1,3-4,6-7,9-10,12,16H,2,5,8,11H2. The van der Waals surface area contributed by atoms with Crippen molar-refractivity contribution in [1.29, 1.82) is 0 Å². The van der Waals surface area contributed by atoms with Crippen LogP contribution in [0.1, 0.15) is 23.2 Å². The minimum Gasteiger partial charge on any atom is -0.376 e. The Labute approximate surface area is 192 Å². The van der Waals surface area contributed by atoms with E-state index in [4.69, 9.17) is 27.9 Å². The van der Waals surface area contributed by atoms with Gasteiger partial charge >= 0.3 is 0 Å². The van der Waals surface area contributed by atoms with E-state index in [-0.39, 0.29) is 23.3 Å². The third-order valence-electron chi connectivity index (χ3n) is 4.89. The molecular formula is C21H17Cl2N3O4S. The lowest BCUT2D eigenvalue weighted by molar-refractivity contribution is -0.384. The molecular weight excluding hydrogens is 461 g/mol. The summed E-state index contributed by atoms with van der Waals surface area (Å²) in [5.41, 5.74) is 1.39.